The summed E-state index contributed by atoms with van der Waals surface area (Å²) in [6.45, 7) is 1.84. The fourth-order valence-corrected chi connectivity index (χ4v) is 2.63. The molecule has 1 aromatic heterocycles. The number of nitrogens with one attached hydrogen (secondary N) is 1. The van der Waals surface area contributed by atoms with E-state index in [-0.39, 0.29) is 12.5 Å². The van der Waals surface area contributed by atoms with Crippen molar-refractivity contribution in [2.75, 3.05) is 11.1 Å². The molecule has 0 radical (unpaired) electrons. The molecular weight excluding hydrogens is 288 g/mol. The second-order valence-corrected chi connectivity index (χ2v) is 5.75. The standard InChI is InChI=1S/C15H18N2O3S/c1-11-8-14(17-20-11)16-15(19)6-7-21-10-13-4-2-12(9-18)3-5-13/h2-5,8,18H,6-7,9-10H2,1H3,(H,16,17,19). The predicted molar refractivity (Wildman–Crippen MR) is 83.0 cm³/mol. The first-order valence-corrected chi connectivity index (χ1v) is 7.82. The van der Waals surface area contributed by atoms with Gasteiger partial charge in [0.25, 0.3) is 0 Å². The lowest BCUT2D eigenvalue weighted by Crippen LogP contribution is -2.12. The Morgan fingerprint density at radius 2 is 2.05 bits per heavy atom. The van der Waals surface area contributed by atoms with E-state index in [0.29, 0.717) is 18.0 Å². The third-order valence-corrected chi connectivity index (χ3v) is 3.87. The SMILES string of the molecule is Cc1cc(NC(=O)CCSCc2ccc(CO)cc2)no1. The number of aromatic nitrogens is 1. The van der Waals surface area contributed by atoms with E-state index in [1.165, 1.54) is 5.56 Å². The summed E-state index contributed by atoms with van der Waals surface area (Å²) < 4.78 is 4.88. The number of amides is 1. The average molecular weight is 306 g/mol. The van der Waals surface area contributed by atoms with Gasteiger partial charge in [0.2, 0.25) is 5.91 Å². The number of hydrogen-bond acceptors (Lipinski definition) is 5. The second kappa shape index (κ2) is 7.85. The zero-order chi connectivity index (χ0) is 15.1. The van der Waals surface area contributed by atoms with Crippen molar-refractivity contribution in [3.8, 4) is 0 Å². The smallest absolute Gasteiger partial charge is 0.226 e. The zero-order valence-electron chi connectivity index (χ0n) is 11.8. The Labute approximate surface area is 127 Å². The van der Waals surface area contributed by atoms with Crippen LogP contribution in [-0.2, 0) is 17.2 Å². The van der Waals surface area contributed by atoms with Crippen LogP contribution in [0.1, 0.15) is 23.3 Å². The van der Waals surface area contributed by atoms with Crippen LogP contribution in [0.25, 0.3) is 0 Å². The van der Waals surface area contributed by atoms with Gasteiger partial charge in [0.1, 0.15) is 5.76 Å². The van der Waals surface area contributed by atoms with Crippen molar-refractivity contribution in [1.82, 2.24) is 5.16 Å². The molecule has 1 heterocycles. The van der Waals surface area contributed by atoms with Crippen LogP contribution in [0.3, 0.4) is 0 Å². The Hall–Kier alpha value is -1.79. The fraction of sp³-hybridized carbons (Fsp3) is 0.333. The van der Waals surface area contributed by atoms with Gasteiger partial charge in [0.15, 0.2) is 5.82 Å². The van der Waals surface area contributed by atoms with Gasteiger partial charge < -0.3 is 14.9 Å². The zero-order valence-corrected chi connectivity index (χ0v) is 12.7. The minimum atomic E-state index is -0.0635. The molecule has 0 saturated heterocycles. The van der Waals surface area contributed by atoms with E-state index in [4.69, 9.17) is 9.63 Å². The molecule has 21 heavy (non-hydrogen) atoms. The van der Waals surface area contributed by atoms with Crippen molar-refractivity contribution in [3.05, 3.63) is 47.2 Å². The second-order valence-electron chi connectivity index (χ2n) is 4.65. The van der Waals surface area contributed by atoms with Crippen molar-refractivity contribution in [2.24, 2.45) is 0 Å². The number of thioether (sulfide) groups is 1. The van der Waals surface area contributed by atoms with Gasteiger partial charge >= 0.3 is 0 Å². The molecule has 2 rings (SSSR count). The van der Waals surface area contributed by atoms with Gasteiger partial charge in [-0.25, -0.2) is 0 Å². The summed E-state index contributed by atoms with van der Waals surface area (Å²) in [5.41, 5.74) is 2.09. The van der Waals surface area contributed by atoms with E-state index in [2.05, 4.69) is 10.5 Å². The summed E-state index contributed by atoms with van der Waals surface area (Å²) in [4.78, 5) is 11.7. The molecule has 0 aliphatic rings. The normalized spacial score (nSPS) is 10.6. The van der Waals surface area contributed by atoms with E-state index in [1.54, 1.807) is 24.8 Å². The summed E-state index contributed by atoms with van der Waals surface area (Å²) >= 11 is 1.70. The molecule has 0 spiro atoms. The molecule has 1 aromatic carbocycles. The van der Waals surface area contributed by atoms with Gasteiger partial charge in [-0.15, -0.1) is 0 Å². The summed E-state index contributed by atoms with van der Waals surface area (Å²) in [5.74, 6) is 2.66. The largest absolute Gasteiger partial charge is 0.392 e. The van der Waals surface area contributed by atoms with E-state index in [9.17, 15) is 4.79 Å². The number of nitrogens with zero attached hydrogens (tertiary/aromatic N) is 1. The molecule has 0 aliphatic carbocycles. The average Bonchev–Trinajstić information content (AvgIpc) is 2.89. The van der Waals surface area contributed by atoms with Crippen molar-refractivity contribution < 1.29 is 14.4 Å². The monoisotopic (exact) mass is 306 g/mol. The fourth-order valence-electron chi connectivity index (χ4n) is 1.73. The molecule has 2 N–H and O–H groups in total. The van der Waals surface area contributed by atoms with E-state index >= 15 is 0 Å². The quantitative estimate of drug-likeness (QED) is 0.769. The maximum Gasteiger partial charge on any atom is 0.226 e. The minimum Gasteiger partial charge on any atom is -0.392 e. The summed E-state index contributed by atoms with van der Waals surface area (Å²) in [6.07, 6.45) is 0.436. The lowest BCUT2D eigenvalue weighted by molar-refractivity contribution is -0.115. The number of rotatable bonds is 7. The summed E-state index contributed by atoms with van der Waals surface area (Å²) in [7, 11) is 0. The van der Waals surface area contributed by atoms with Gasteiger partial charge in [0, 0.05) is 24.0 Å². The maximum absolute atomic E-state index is 11.7. The van der Waals surface area contributed by atoms with Crippen molar-refractivity contribution >= 4 is 23.5 Å². The molecule has 0 saturated carbocycles. The van der Waals surface area contributed by atoms with Crippen molar-refractivity contribution in [1.29, 1.82) is 0 Å². The highest BCUT2D eigenvalue weighted by Gasteiger charge is 2.06. The van der Waals surface area contributed by atoms with E-state index in [1.807, 2.05) is 24.3 Å². The van der Waals surface area contributed by atoms with Gasteiger partial charge in [-0.05, 0) is 18.1 Å². The maximum atomic E-state index is 11.7. The van der Waals surface area contributed by atoms with Gasteiger partial charge in [0.05, 0.1) is 6.61 Å². The Bertz CT molecular complexity index is 581. The van der Waals surface area contributed by atoms with Crippen LogP contribution in [0.5, 0.6) is 0 Å². The minimum absolute atomic E-state index is 0.0635. The molecule has 0 fully saturated rings. The number of anilines is 1. The number of benzene rings is 1. The van der Waals surface area contributed by atoms with Crippen molar-refractivity contribution in [3.63, 3.8) is 0 Å². The number of aliphatic hydroxyl groups is 1. The number of carbonyl (C=O) groups excluding carboxylic acids is 1. The van der Waals surface area contributed by atoms with E-state index in [0.717, 1.165) is 17.1 Å². The molecule has 112 valence electrons. The molecule has 0 aliphatic heterocycles. The molecule has 6 heteroatoms. The molecular formula is C15H18N2O3S. The lowest BCUT2D eigenvalue weighted by Gasteiger charge is -2.03. The first kappa shape index (κ1) is 15.6. The predicted octanol–water partition coefficient (Wildman–Crippen LogP) is 2.74. The van der Waals surface area contributed by atoms with Crippen LogP contribution in [-0.4, -0.2) is 21.9 Å². The van der Waals surface area contributed by atoms with Crippen molar-refractivity contribution in [2.45, 2.75) is 25.7 Å². The van der Waals surface area contributed by atoms with Crippen LogP contribution in [0.15, 0.2) is 34.9 Å². The molecule has 0 unspecified atom stereocenters. The third kappa shape index (κ3) is 5.24. The number of hydrogen-bond donors (Lipinski definition) is 2. The van der Waals surface area contributed by atoms with Gasteiger partial charge in [-0.1, -0.05) is 29.4 Å². The van der Waals surface area contributed by atoms with Crippen LogP contribution >= 0.6 is 11.8 Å². The number of aliphatic hydroxyl groups excluding tert-OH is 1. The molecule has 1 amide bonds. The van der Waals surface area contributed by atoms with Crippen LogP contribution < -0.4 is 5.32 Å². The van der Waals surface area contributed by atoms with Crippen LogP contribution in [0, 0.1) is 6.92 Å². The Morgan fingerprint density at radius 3 is 2.67 bits per heavy atom. The number of carbonyl (C=O) groups is 1. The lowest BCUT2D eigenvalue weighted by atomic mass is 10.2. The molecule has 2 aromatic rings. The molecule has 0 atom stereocenters. The highest BCUT2D eigenvalue weighted by Crippen LogP contribution is 2.15. The highest BCUT2D eigenvalue weighted by atomic mass is 32.2. The first-order valence-electron chi connectivity index (χ1n) is 6.67. The van der Waals surface area contributed by atoms with Gasteiger partial charge in [-0.2, -0.15) is 11.8 Å². The third-order valence-electron chi connectivity index (χ3n) is 2.84. The first-order chi connectivity index (χ1) is 10.2. The molecule has 0 bridgehead atoms. The Balaban J connectivity index is 1.65. The molecule has 5 nitrogen and oxygen atoms in total. The summed E-state index contributed by atoms with van der Waals surface area (Å²) in [5, 5.41) is 15.4. The topological polar surface area (TPSA) is 75.4 Å². The van der Waals surface area contributed by atoms with Crippen LogP contribution in [0.2, 0.25) is 0 Å². The van der Waals surface area contributed by atoms with Gasteiger partial charge in [-0.3, -0.25) is 4.79 Å². The number of aryl methyl sites for hydroxylation is 1. The van der Waals surface area contributed by atoms with E-state index < -0.39 is 0 Å². The van der Waals surface area contributed by atoms with Crippen LogP contribution in [0.4, 0.5) is 5.82 Å². The summed E-state index contributed by atoms with van der Waals surface area (Å²) in [6, 6.07) is 9.51. The highest BCUT2D eigenvalue weighted by molar-refractivity contribution is 7.98. The Kier molecular flexibility index (Phi) is 5.83. The Morgan fingerprint density at radius 1 is 1.33 bits per heavy atom.